The minimum Gasteiger partial charge on any atom is -0.379 e. The van der Waals surface area contributed by atoms with Gasteiger partial charge in [0.2, 0.25) is 0 Å². The van der Waals surface area contributed by atoms with Crippen molar-refractivity contribution < 1.29 is 0 Å². The molecule has 122 valence electrons. The van der Waals surface area contributed by atoms with Crippen LogP contribution in [0.3, 0.4) is 0 Å². The highest BCUT2D eigenvalue weighted by Crippen LogP contribution is 2.18. The van der Waals surface area contributed by atoms with Crippen molar-refractivity contribution in [3.63, 3.8) is 0 Å². The largest absolute Gasteiger partial charge is 0.379 e. The lowest BCUT2D eigenvalue weighted by atomic mass is 10.1. The van der Waals surface area contributed by atoms with E-state index in [-0.39, 0.29) is 15.6 Å². The minimum atomic E-state index is 0.171. The molecule has 6 N–H and O–H groups in total. The Kier molecular flexibility index (Phi) is 8.37. The number of hydrogen-bond acceptors (Lipinski definition) is 5. The molecule has 0 aliphatic carbocycles. The molecule has 0 fully saturated rings. The molecule has 1 rings (SSSR count). The second kappa shape index (κ2) is 9.76. The first-order chi connectivity index (χ1) is 10.4. The molecule has 0 saturated carbocycles. The van der Waals surface area contributed by atoms with Gasteiger partial charge in [0.25, 0.3) is 0 Å². The molecule has 1 aromatic carbocycles. The fourth-order valence-corrected chi connectivity index (χ4v) is 3.68. The van der Waals surface area contributed by atoms with Crippen molar-refractivity contribution in [3.05, 3.63) is 35.4 Å². The summed E-state index contributed by atoms with van der Waals surface area (Å²) in [6.07, 6.45) is 1.80. The molecule has 0 bridgehead atoms. The van der Waals surface area contributed by atoms with Gasteiger partial charge in [0.1, 0.15) is 0 Å². The predicted octanol–water partition coefficient (Wildman–Crippen LogP) is 1.96. The molecule has 0 heterocycles. The Morgan fingerprint density at radius 1 is 1.09 bits per heavy atom. The standard InChI is InChI=1S/C15H25N5S2/c1-20(2)10-13(22-15(18)19)9-12-5-3-11(4-6-12)7-8-21-14(16)17/h3-6,13H,7-10H2,1-2H3,(H3,16,17)(H3,18,19)/t13-/m0/s1. The van der Waals surface area contributed by atoms with Crippen LogP contribution in [0.1, 0.15) is 11.1 Å². The molecular formula is C15H25N5S2. The van der Waals surface area contributed by atoms with Gasteiger partial charge < -0.3 is 16.4 Å². The molecule has 0 unspecified atom stereocenters. The Balaban J connectivity index is 2.56. The summed E-state index contributed by atoms with van der Waals surface area (Å²) in [4.78, 5) is 2.12. The zero-order valence-electron chi connectivity index (χ0n) is 13.1. The van der Waals surface area contributed by atoms with Crippen LogP contribution in [0.4, 0.5) is 0 Å². The minimum absolute atomic E-state index is 0.171. The predicted molar refractivity (Wildman–Crippen MR) is 100 cm³/mol. The summed E-state index contributed by atoms with van der Waals surface area (Å²) in [7, 11) is 4.06. The van der Waals surface area contributed by atoms with Crippen LogP contribution in [0.25, 0.3) is 0 Å². The Morgan fingerprint density at radius 2 is 1.68 bits per heavy atom. The molecule has 1 atom stereocenters. The molecular weight excluding hydrogens is 314 g/mol. The van der Waals surface area contributed by atoms with Crippen molar-refractivity contribution in [2.75, 3.05) is 26.4 Å². The smallest absolute Gasteiger partial charge is 0.151 e. The number of rotatable bonds is 8. The van der Waals surface area contributed by atoms with Crippen molar-refractivity contribution in [1.29, 1.82) is 10.8 Å². The lowest BCUT2D eigenvalue weighted by molar-refractivity contribution is 0.406. The molecule has 0 aliphatic heterocycles. The average Bonchev–Trinajstić information content (AvgIpc) is 2.38. The molecule has 22 heavy (non-hydrogen) atoms. The van der Waals surface area contributed by atoms with Crippen LogP contribution in [0, 0.1) is 10.8 Å². The number of thioether (sulfide) groups is 2. The number of hydrogen-bond donors (Lipinski definition) is 4. The summed E-state index contributed by atoms with van der Waals surface area (Å²) < 4.78 is 0. The van der Waals surface area contributed by atoms with Crippen LogP contribution >= 0.6 is 23.5 Å². The molecule has 0 amide bonds. The highest BCUT2D eigenvalue weighted by molar-refractivity contribution is 8.14. The van der Waals surface area contributed by atoms with Crippen molar-refractivity contribution in [2.24, 2.45) is 11.5 Å². The summed E-state index contributed by atoms with van der Waals surface area (Å²) in [5.41, 5.74) is 13.4. The lowest BCUT2D eigenvalue weighted by Gasteiger charge is -2.20. The van der Waals surface area contributed by atoms with E-state index in [1.807, 2.05) is 14.1 Å². The molecule has 0 aliphatic rings. The summed E-state index contributed by atoms with van der Waals surface area (Å²) in [6.45, 7) is 0.890. The molecule has 7 heteroatoms. The monoisotopic (exact) mass is 339 g/mol. The summed E-state index contributed by atoms with van der Waals surface area (Å²) in [6, 6.07) is 8.52. The first kappa shape index (κ1) is 18.9. The number of nitrogens with zero attached hydrogens (tertiary/aromatic N) is 1. The molecule has 0 saturated heterocycles. The number of nitrogens with two attached hydrogens (primary N) is 2. The number of nitrogens with one attached hydrogen (secondary N) is 2. The molecule has 5 nitrogen and oxygen atoms in total. The third-order valence-electron chi connectivity index (χ3n) is 3.00. The van der Waals surface area contributed by atoms with Gasteiger partial charge in [0.05, 0.1) is 0 Å². The molecule has 1 aromatic rings. The Labute approximate surface area is 141 Å². The van der Waals surface area contributed by atoms with Crippen molar-refractivity contribution in [3.8, 4) is 0 Å². The van der Waals surface area contributed by atoms with Crippen LogP contribution in [0.5, 0.6) is 0 Å². The number of benzene rings is 1. The Bertz CT molecular complexity index is 487. The molecule has 0 radical (unpaired) electrons. The number of aryl methyl sites for hydroxylation is 1. The fraction of sp³-hybridized carbons (Fsp3) is 0.467. The van der Waals surface area contributed by atoms with Crippen molar-refractivity contribution in [1.82, 2.24) is 4.90 Å². The van der Waals surface area contributed by atoms with Gasteiger partial charge in [-0.15, -0.1) is 0 Å². The van der Waals surface area contributed by atoms with E-state index in [0.29, 0.717) is 0 Å². The summed E-state index contributed by atoms with van der Waals surface area (Å²) >= 11 is 2.79. The van der Waals surface area contributed by atoms with Gasteiger partial charge in [0, 0.05) is 17.5 Å². The van der Waals surface area contributed by atoms with Gasteiger partial charge in [-0.3, -0.25) is 10.8 Å². The van der Waals surface area contributed by atoms with Gasteiger partial charge in [0.15, 0.2) is 10.3 Å². The highest BCUT2D eigenvalue weighted by atomic mass is 32.2. The number of amidine groups is 2. The zero-order chi connectivity index (χ0) is 16.5. The molecule has 0 spiro atoms. The van der Waals surface area contributed by atoms with Gasteiger partial charge >= 0.3 is 0 Å². The van der Waals surface area contributed by atoms with E-state index in [0.717, 1.165) is 25.1 Å². The Morgan fingerprint density at radius 3 is 2.18 bits per heavy atom. The maximum Gasteiger partial charge on any atom is 0.151 e. The second-order valence-electron chi connectivity index (χ2n) is 5.35. The van der Waals surface area contributed by atoms with E-state index in [9.17, 15) is 0 Å². The Hall–Kier alpha value is -1.18. The van der Waals surface area contributed by atoms with E-state index < -0.39 is 0 Å². The van der Waals surface area contributed by atoms with Crippen LogP contribution in [0.15, 0.2) is 24.3 Å². The van der Waals surface area contributed by atoms with E-state index in [2.05, 4.69) is 29.2 Å². The van der Waals surface area contributed by atoms with E-state index in [1.165, 1.54) is 34.7 Å². The van der Waals surface area contributed by atoms with Crippen molar-refractivity contribution >= 4 is 33.9 Å². The third-order valence-corrected chi connectivity index (χ3v) is 4.62. The fourth-order valence-electron chi connectivity index (χ4n) is 2.11. The average molecular weight is 340 g/mol. The van der Waals surface area contributed by atoms with Crippen LogP contribution in [-0.4, -0.2) is 46.9 Å². The molecule has 0 aromatic heterocycles. The van der Waals surface area contributed by atoms with Gasteiger partial charge in [-0.25, -0.2) is 0 Å². The van der Waals surface area contributed by atoms with E-state index >= 15 is 0 Å². The quantitative estimate of drug-likeness (QED) is 0.428. The van der Waals surface area contributed by atoms with Crippen molar-refractivity contribution in [2.45, 2.75) is 18.1 Å². The second-order valence-corrected chi connectivity index (χ2v) is 7.83. The lowest BCUT2D eigenvalue weighted by Crippen LogP contribution is -2.27. The summed E-state index contributed by atoms with van der Waals surface area (Å²) in [5.74, 6) is 0.831. The maximum absolute atomic E-state index is 7.47. The first-order valence-electron chi connectivity index (χ1n) is 7.07. The topological polar surface area (TPSA) is 103 Å². The van der Waals surface area contributed by atoms with E-state index in [4.69, 9.17) is 22.3 Å². The van der Waals surface area contributed by atoms with Gasteiger partial charge in [-0.05, 0) is 38.1 Å². The normalized spacial score (nSPS) is 12.3. The van der Waals surface area contributed by atoms with Gasteiger partial charge in [-0.2, -0.15) is 0 Å². The highest BCUT2D eigenvalue weighted by Gasteiger charge is 2.13. The SMILES string of the molecule is CN(C)C[C@H](Cc1ccc(CCSC(=N)N)cc1)SC(=N)N. The van der Waals surface area contributed by atoms with Crippen LogP contribution < -0.4 is 11.5 Å². The van der Waals surface area contributed by atoms with Crippen LogP contribution in [0.2, 0.25) is 0 Å². The first-order valence-corrected chi connectivity index (χ1v) is 8.93. The van der Waals surface area contributed by atoms with E-state index in [1.54, 1.807) is 0 Å². The van der Waals surface area contributed by atoms with Gasteiger partial charge in [-0.1, -0.05) is 47.8 Å². The third kappa shape index (κ3) is 8.31. The van der Waals surface area contributed by atoms with Crippen LogP contribution in [-0.2, 0) is 12.8 Å². The summed E-state index contributed by atoms with van der Waals surface area (Å²) in [5, 5.41) is 15.3. The zero-order valence-corrected chi connectivity index (χ0v) is 14.8. The maximum atomic E-state index is 7.47.